The number of carbonyl (C=O) groups excluding carboxylic acids is 3. The van der Waals surface area contributed by atoms with Gasteiger partial charge in [0.15, 0.2) is 0 Å². The zero-order valence-corrected chi connectivity index (χ0v) is 22.4. The monoisotopic (exact) mass is 556 g/mol. The number of nitrogens with two attached hydrogens (primary N) is 1. The smallest absolute Gasteiger partial charge is 0.253 e. The molecule has 10 heteroatoms. The molecular weight excluding hydrogens is 523 g/mol. The van der Waals surface area contributed by atoms with Gasteiger partial charge in [0, 0.05) is 44.2 Å². The number of amides is 3. The van der Waals surface area contributed by atoms with E-state index in [4.69, 9.17) is 5.73 Å². The first-order valence-corrected chi connectivity index (χ1v) is 12.8. The van der Waals surface area contributed by atoms with E-state index >= 15 is 0 Å². The van der Waals surface area contributed by atoms with Crippen molar-refractivity contribution in [1.29, 1.82) is 0 Å². The van der Waals surface area contributed by atoms with Crippen LogP contribution >= 0.6 is 12.4 Å². The molecule has 2 atom stereocenters. The fraction of sp³-hybridized carbons (Fsp3) is 0.345. The average molecular weight is 557 g/mol. The Kier molecular flexibility index (Phi) is 10.8. The van der Waals surface area contributed by atoms with Crippen molar-refractivity contribution in [3.05, 3.63) is 83.7 Å². The summed E-state index contributed by atoms with van der Waals surface area (Å²) < 4.78 is 13.2. The molecule has 8 nitrogen and oxygen atoms in total. The van der Waals surface area contributed by atoms with E-state index in [1.807, 2.05) is 42.5 Å². The molecule has 1 aliphatic heterocycles. The second-order valence-corrected chi connectivity index (χ2v) is 9.62. The Morgan fingerprint density at radius 3 is 2.38 bits per heavy atom. The number of aliphatic hydroxyl groups is 1. The van der Waals surface area contributed by atoms with E-state index in [0.717, 1.165) is 16.3 Å². The summed E-state index contributed by atoms with van der Waals surface area (Å²) >= 11 is 0. The van der Waals surface area contributed by atoms with Gasteiger partial charge in [0.1, 0.15) is 11.9 Å². The molecular formula is C29H34ClFN4O4. The van der Waals surface area contributed by atoms with Gasteiger partial charge in [-0.2, -0.15) is 0 Å². The third-order valence-corrected chi connectivity index (χ3v) is 7.08. The molecule has 0 aromatic heterocycles. The van der Waals surface area contributed by atoms with E-state index in [1.165, 1.54) is 24.3 Å². The molecule has 1 saturated heterocycles. The minimum absolute atomic E-state index is 0. The molecule has 208 valence electrons. The molecule has 0 radical (unpaired) electrons. The Balaban J connectivity index is 0.00000420. The molecule has 3 aromatic rings. The minimum atomic E-state index is -0.884. The zero-order chi connectivity index (χ0) is 27.1. The first-order valence-electron chi connectivity index (χ1n) is 12.8. The van der Waals surface area contributed by atoms with Crippen LogP contribution in [-0.4, -0.2) is 77.5 Å². The van der Waals surface area contributed by atoms with Crippen molar-refractivity contribution in [2.75, 3.05) is 26.2 Å². The van der Waals surface area contributed by atoms with Crippen molar-refractivity contribution in [3.8, 4) is 0 Å². The number of piperidine rings is 1. The lowest BCUT2D eigenvalue weighted by molar-refractivity contribution is -0.136. The number of hydrogen-bond acceptors (Lipinski definition) is 5. The van der Waals surface area contributed by atoms with Gasteiger partial charge in [-0.25, -0.2) is 4.39 Å². The second kappa shape index (κ2) is 14.0. The van der Waals surface area contributed by atoms with E-state index in [0.29, 0.717) is 44.3 Å². The number of aliphatic hydroxyl groups excluding tert-OH is 1. The van der Waals surface area contributed by atoms with E-state index in [2.05, 4.69) is 5.32 Å². The number of hydrogen-bond donors (Lipinski definition) is 3. The van der Waals surface area contributed by atoms with Gasteiger partial charge in [-0.05, 0) is 53.4 Å². The van der Waals surface area contributed by atoms with E-state index < -0.39 is 18.0 Å². The SMILES string of the molecule is Cl.NCC(O)CNC(=O)[C@@H](Cc1ccc2ccccc2c1)N(C=O)C1CCN(C(=O)c2ccc(F)cc2)CC1. The molecule has 3 amide bonds. The molecule has 0 saturated carbocycles. The van der Waals surface area contributed by atoms with Crippen molar-refractivity contribution in [2.45, 2.75) is 37.5 Å². The maximum absolute atomic E-state index is 13.3. The number of benzene rings is 3. The summed E-state index contributed by atoms with van der Waals surface area (Å²) in [5.74, 6) is -0.971. The van der Waals surface area contributed by atoms with Gasteiger partial charge in [-0.1, -0.05) is 42.5 Å². The Morgan fingerprint density at radius 2 is 1.74 bits per heavy atom. The van der Waals surface area contributed by atoms with Crippen LogP contribution in [0, 0.1) is 5.82 Å². The van der Waals surface area contributed by atoms with Crippen LogP contribution < -0.4 is 11.1 Å². The predicted octanol–water partition coefficient (Wildman–Crippen LogP) is 2.51. The molecule has 4 rings (SSSR count). The molecule has 1 unspecified atom stereocenters. The van der Waals surface area contributed by atoms with Crippen LogP contribution in [0.4, 0.5) is 4.39 Å². The third-order valence-electron chi connectivity index (χ3n) is 7.08. The summed E-state index contributed by atoms with van der Waals surface area (Å²) in [5, 5.41) is 14.7. The Hall–Kier alpha value is -3.53. The summed E-state index contributed by atoms with van der Waals surface area (Å²) in [4.78, 5) is 41.7. The fourth-order valence-electron chi connectivity index (χ4n) is 4.90. The van der Waals surface area contributed by atoms with Gasteiger partial charge in [-0.15, -0.1) is 12.4 Å². The lowest BCUT2D eigenvalue weighted by Crippen LogP contribution is -2.55. The highest BCUT2D eigenvalue weighted by Gasteiger charge is 2.34. The van der Waals surface area contributed by atoms with Crippen molar-refractivity contribution < 1.29 is 23.9 Å². The van der Waals surface area contributed by atoms with E-state index in [1.54, 1.807) is 9.80 Å². The van der Waals surface area contributed by atoms with Crippen molar-refractivity contribution in [1.82, 2.24) is 15.1 Å². The predicted molar refractivity (Wildman–Crippen MR) is 150 cm³/mol. The molecule has 1 heterocycles. The first-order chi connectivity index (χ1) is 18.4. The average Bonchev–Trinajstić information content (AvgIpc) is 2.95. The molecule has 4 N–H and O–H groups in total. The Morgan fingerprint density at radius 1 is 1.08 bits per heavy atom. The van der Waals surface area contributed by atoms with Gasteiger partial charge in [0.05, 0.1) is 6.10 Å². The van der Waals surface area contributed by atoms with Gasteiger partial charge < -0.3 is 26.0 Å². The van der Waals surface area contributed by atoms with Crippen LogP contribution in [-0.2, 0) is 16.0 Å². The normalized spacial score (nSPS) is 15.2. The van der Waals surface area contributed by atoms with Crippen molar-refractivity contribution >= 4 is 41.4 Å². The maximum atomic E-state index is 13.3. The van der Waals surface area contributed by atoms with Crippen molar-refractivity contribution in [2.24, 2.45) is 5.73 Å². The maximum Gasteiger partial charge on any atom is 0.253 e. The van der Waals surface area contributed by atoms with E-state index in [-0.39, 0.29) is 43.4 Å². The number of carbonyl (C=O) groups is 3. The highest BCUT2D eigenvalue weighted by atomic mass is 35.5. The lowest BCUT2D eigenvalue weighted by Gasteiger charge is -2.40. The topological polar surface area (TPSA) is 116 Å². The van der Waals surface area contributed by atoms with Crippen LogP contribution in [0.25, 0.3) is 10.8 Å². The second-order valence-electron chi connectivity index (χ2n) is 9.62. The van der Waals surface area contributed by atoms with Crippen LogP contribution in [0.2, 0.25) is 0 Å². The van der Waals surface area contributed by atoms with Crippen LogP contribution in [0.3, 0.4) is 0 Å². The largest absolute Gasteiger partial charge is 0.390 e. The summed E-state index contributed by atoms with van der Waals surface area (Å²) in [5.41, 5.74) is 6.79. The zero-order valence-electron chi connectivity index (χ0n) is 21.5. The standard InChI is InChI=1S/C29H33FN4O4.ClH/c30-24-9-7-22(8-10-24)29(38)33-13-11-25(12-14-33)34(19-35)27(28(37)32-18-26(36)17-31)16-20-5-6-21-3-1-2-4-23(21)15-20;/h1-10,15,19,25-27,36H,11-14,16-18,31H2,(H,32,37);1H/t26?,27-;/m1./s1. The highest BCUT2D eigenvalue weighted by molar-refractivity contribution is 5.94. The molecule has 39 heavy (non-hydrogen) atoms. The van der Waals surface area contributed by atoms with Crippen LogP contribution in [0.5, 0.6) is 0 Å². The summed E-state index contributed by atoms with van der Waals surface area (Å²) in [6.45, 7) is 0.803. The number of likely N-dealkylation sites (tertiary alicyclic amines) is 1. The van der Waals surface area contributed by atoms with E-state index in [9.17, 15) is 23.9 Å². The van der Waals surface area contributed by atoms with Gasteiger partial charge >= 0.3 is 0 Å². The fourth-order valence-corrected chi connectivity index (χ4v) is 4.90. The molecule has 3 aromatic carbocycles. The quantitative estimate of drug-likeness (QED) is 0.332. The van der Waals surface area contributed by atoms with Crippen LogP contribution in [0.1, 0.15) is 28.8 Å². The molecule has 0 spiro atoms. The summed E-state index contributed by atoms with van der Waals surface area (Å²) in [7, 11) is 0. The number of fused-ring (bicyclic) bond motifs is 1. The molecule has 0 aliphatic carbocycles. The Bertz CT molecular complexity index is 1270. The van der Waals surface area contributed by atoms with Crippen molar-refractivity contribution in [3.63, 3.8) is 0 Å². The molecule has 1 fully saturated rings. The van der Waals surface area contributed by atoms with Crippen LogP contribution in [0.15, 0.2) is 66.7 Å². The first kappa shape index (κ1) is 30.0. The lowest BCUT2D eigenvalue weighted by atomic mass is 9.96. The number of nitrogens with one attached hydrogen (secondary N) is 1. The Labute approximate surface area is 233 Å². The molecule has 0 bridgehead atoms. The molecule has 1 aliphatic rings. The summed E-state index contributed by atoms with van der Waals surface area (Å²) in [6.07, 6.45) is 1.11. The highest BCUT2D eigenvalue weighted by Crippen LogP contribution is 2.23. The van der Waals surface area contributed by atoms with Gasteiger partial charge in [0.25, 0.3) is 5.91 Å². The van der Waals surface area contributed by atoms with Gasteiger partial charge in [0.2, 0.25) is 12.3 Å². The number of rotatable bonds is 10. The number of halogens is 2. The third kappa shape index (κ3) is 7.53. The summed E-state index contributed by atoms with van der Waals surface area (Å²) in [6, 6.07) is 18.2. The number of nitrogens with zero attached hydrogens (tertiary/aromatic N) is 2. The van der Waals surface area contributed by atoms with Gasteiger partial charge in [-0.3, -0.25) is 14.4 Å². The minimum Gasteiger partial charge on any atom is -0.390 e.